The van der Waals surface area contributed by atoms with Gasteiger partial charge in [-0.05, 0) is 19.8 Å². The number of aryl methyl sites for hydroxylation is 1. The third-order valence-electron chi connectivity index (χ3n) is 2.97. The molecule has 1 aromatic heterocycles. The number of hydrogen-bond acceptors (Lipinski definition) is 5. The molecule has 0 saturated carbocycles. The van der Waals surface area contributed by atoms with Crippen LogP contribution in [-0.4, -0.2) is 31.0 Å². The lowest BCUT2D eigenvalue weighted by Gasteiger charge is -2.28. The Morgan fingerprint density at radius 3 is 3.06 bits per heavy atom. The largest absolute Gasteiger partial charge is 0.361 e. The second-order valence-electron chi connectivity index (χ2n) is 4.51. The summed E-state index contributed by atoms with van der Waals surface area (Å²) >= 11 is 0. The van der Waals surface area contributed by atoms with E-state index in [-0.39, 0.29) is 18.2 Å². The average Bonchev–Trinajstić information content (AvgIpc) is 2.74. The molecule has 1 aliphatic heterocycles. The molecule has 0 amide bonds. The third-order valence-corrected chi connectivity index (χ3v) is 4.75. The summed E-state index contributed by atoms with van der Waals surface area (Å²) in [6, 6.07) is 3.75. The zero-order valence-electron chi connectivity index (χ0n) is 10.2. The van der Waals surface area contributed by atoms with Gasteiger partial charge in [-0.25, -0.2) is 12.7 Å². The van der Waals surface area contributed by atoms with Crippen LogP contribution in [0.15, 0.2) is 10.6 Å². The van der Waals surface area contributed by atoms with Gasteiger partial charge in [0.25, 0.3) is 0 Å². The third kappa shape index (κ3) is 2.89. The standard InChI is InChI=1S/C11H15N3O3S/c1-9-5-11(13-17-9)8-18(15,16)14-4-2-3-10(6-12)7-14/h5,10H,2-4,7-8H2,1H3. The Hall–Kier alpha value is -1.39. The van der Waals surface area contributed by atoms with Crippen molar-refractivity contribution in [3.63, 3.8) is 0 Å². The Labute approximate surface area is 106 Å². The van der Waals surface area contributed by atoms with Crippen molar-refractivity contribution in [1.29, 1.82) is 5.26 Å². The number of aromatic nitrogens is 1. The van der Waals surface area contributed by atoms with E-state index in [0.29, 0.717) is 18.0 Å². The number of piperidine rings is 1. The summed E-state index contributed by atoms with van der Waals surface area (Å²) in [7, 11) is -3.41. The van der Waals surface area contributed by atoms with Crippen molar-refractivity contribution in [1.82, 2.24) is 9.46 Å². The summed E-state index contributed by atoms with van der Waals surface area (Å²) < 4.78 is 30.6. The van der Waals surface area contributed by atoms with E-state index in [0.717, 1.165) is 12.8 Å². The Kier molecular flexibility index (Phi) is 3.68. The average molecular weight is 269 g/mol. The SMILES string of the molecule is Cc1cc(CS(=O)(=O)N2CCCC(C#N)C2)no1. The maximum Gasteiger partial charge on any atom is 0.220 e. The molecule has 1 unspecified atom stereocenters. The Morgan fingerprint density at radius 2 is 2.44 bits per heavy atom. The molecule has 6 nitrogen and oxygen atoms in total. The van der Waals surface area contributed by atoms with E-state index in [1.807, 2.05) is 0 Å². The molecule has 2 heterocycles. The molecule has 0 radical (unpaired) electrons. The molecule has 1 fully saturated rings. The summed E-state index contributed by atoms with van der Waals surface area (Å²) in [4.78, 5) is 0. The smallest absolute Gasteiger partial charge is 0.220 e. The van der Waals surface area contributed by atoms with Crippen LogP contribution < -0.4 is 0 Å². The van der Waals surface area contributed by atoms with E-state index < -0.39 is 10.0 Å². The predicted molar refractivity (Wildman–Crippen MR) is 63.8 cm³/mol. The molecule has 98 valence electrons. The number of hydrogen-bond donors (Lipinski definition) is 0. The lowest BCUT2D eigenvalue weighted by Crippen LogP contribution is -2.40. The number of nitrogens with zero attached hydrogens (tertiary/aromatic N) is 3. The van der Waals surface area contributed by atoms with Crippen LogP contribution in [0.4, 0.5) is 0 Å². The van der Waals surface area contributed by atoms with Gasteiger partial charge in [-0.15, -0.1) is 0 Å². The molecule has 7 heteroatoms. The molecule has 1 atom stereocenters. The zero-order chi connectivity index (χ0) is 13.2. The quantitative estimate of drug-likeness (QED) is 0.818. The van der Waals surface area contributed by atoms with Crippen molar-refractivity contribution in [2.75, 3.05) is 13.1 Å². The topological polar surface area (TPSA) is 87.2 Å². The van der Waals surface area contributed by atoms with Crippen LogP contribution in [0, 0.1) is 24.2 Å². The van der Waals surface area contributed by atoms with E-state index in [2.05, 4.69) is 11.2 Å². The zero-order valence-corrected chi connectivity index (χ0v) is 11.0. The van der Waals surface area contributed by atoms with E-state index in [1.165, 1.54) is 4.31 Å². The molecule has 18 heavy (non-hydrogen) atoms. The van der Waals surface area contributed by atoms with Gasteiger partial charge in [0, 0.05) is 19.2 Å². The van der Waals surface area contributed by atoms with Crippen LogP contribution in [0.25, 0.3) is 0 Å². The number of sulfonamides is 1. The maximum atomic E-state index is 12.2. The molecule has 0 aliphatic carbocycles. The van der Waals surface area contributed by atoms with Gasteiger partial charge in [-0.1, -0.05) is 5.16 Å². The van der Waals surface area contributed by atoms with Gasteiger partial charge in [0.1, 0.15) is 17.2 Å². The van der Waals surface area contributed by atoms with Crippen LogP contribution in [-0.2, 0) is 15.8 Å². The van der Waals surface area contributed by atoms with Gasteiger partial charge in [0.15, 0.2) is 0 Å². The summed E-state index contributed by atoms with van der Waals surface area (Å²) in [5.41, 5.74) is 0.409. The molecule has 1 saturated heterocycles. The van der Waals surface area contributed by atoms with Gasteiger partial charge in [0.2, 0.25) is 10.0 Å². The summed E-state index contributed by atoms with van der Waals surface area (Å²) in [5, 5.41) is 12.6. The van der Waals surface area contributed by atoms with E-state index in [9.17, 15) is 8.42 Å². The van der Waals surface area contributed by atoms with Crippen LogP contribution in [0.2, 0.25) is 0 Å². The highest BCUT2D eigenvalue weighted by atomic mass is 32.2. The number of rotatable bonds is 3. The van der Waals surface area contributed by atoms with E-state index in [4.69, 9.17) is 9.78 Å². The van der Waals surface area contributed by atoms with Crippen LogP contribution in [0.1, 0.15) is 24.3 Å². The first-order chi connectivity index (χ1) is 8.51. The fourth-order valence-electron chi connectivity index (χ4n) is 2.06. The number of nitriles is 1. The second-order valence-corrected chi connectivity index (χ2v) is 6.48. The van der Waals surface area contributed by atoms with E-state index >= 15 is 0 Å². The molecular weight excluding hydrogens is 254 g/mol. The summed E-state index contributed by atoms with van der Waals surface area (Å²) in [6.07, 6.45) is 1.50. The minimum atomic E-state index is -3.41. The molecule has 0 bridgehead atoms. The van der Waals surface area contributed by atoms with Gasteiger partial charge in [-0.2, -0.15) is 5.26 Å². The maximum absolute atomic E-state index is 12.2. The van der Waals surface area contributed by atoms with Gasteiger partial charge < -0.3 is 4.52 Å². The lowest BCUT2D eigenvalue weighted by atomic mass is 10.0. The van der Waals surface area contributed by atoms with Gasteiger partial charge in [-0.3, -0.25) is 0 Å². The Balaban J connectivity index is 2.09. The minimum Gasteiger partial charge on any atom is -0.361 e. The Morgan fingerprint density at radius 1 is 1.67 bits per heavy atom. The molecule has 0 N–H and O–H groups in total. The van der Waals surface area contributed by atoms with Crippen molar-refractivity contribution >= 4 is 10.0 Å². The van der Waals surface area contributed by atoms with Crippen LogP contribution in [0.5, 0.6) is 0 Å². The van der Waals surface area contributed by atoms with Crippen molar-refractivity contribution in [3.8, 4) is 6.07 Å². The van der Waals surface area contributed by atoms with E-state index in [1.54, 1.807) is 13.0 Å². The van der Waals surface area contributed by atoms with Crippen molar-refractivity contribution in [2.24, 2.45) is 5.92 Å². The van der Waals surface area contributed by atoms with Gasteiger partial charge >= 0.3 is 0 Å². The van der Waals surface area contributed by atoms with Crippen molar-refractivity contribution in [3.05, 3.63) is 17.5 Å². The first-order valence-electron chi connectivity index (χ1n) is 5.81. The van der Waals surface area contributed by atoms with Gasteiger partial charge in [0.05, 0.1) is 12.0 Å². The van der Waals surface area contributed by atoms with Crippen molar-refractivity contribution in [2.45, 2.75) is 25.5 Å². The minimum absolute atomic E-state index is 0.164. The van der Waals surface area contributed by atoms with Crippen LogP contribution in [0.3, 0.4) is 0 Å². The highest BCUT2D eigenvalue weighted by Crippen LogP contribution is 2.20. The normalized spacial score (nSPS) is 21.7. The second kappa shape index (κ2) is 5.08. The fraction of sp³-hybridized carbons (Fsp3) is 0.636. The predicted octanol–water partition coefficient (Wildman–Crippen LogP) is 1.05. The molecular formula is C11H15N3O3S. The van der Waals surface area contributed by atoms with Crippen LogP contribution >= 0.6 is 0 Å². The highest BCUT2D eigenvalue weighted by Gasteiger charge is 2.29. The molecule has 1 aliphatic rings. The molecule has 0 spiro atoms. The fourth-order valence-corrected chi connectivity index (χ4v) is 3.57. The summed E-state index contributed by atoms with van der Waals surface area (Å²) in [6.45, 7) is 2.49. The lowest BCUT2D eigenvalue weighted by molar-refractivity contribution is 0.304. The molecule has 2 rings (SSSR count). The monoisotopic (exact) mass is 269 g/mol. The first-order valence-corrected chi connectivity index (χ1v) is 7.42. The van der Waals surface area contributed by atoms with Crippen molar-refractivity contribution < 1.29 is 12.9 Å². The first kappa shape index (κ1) is 13.1. The highest BCUT2D eigenvalue weighted by molar-refractivity contribution is 7.88. The Bertz CT molecular complexity index is 558. The molecule has 1 aromatic rings. The summed E-state index contributed by atoms with van der Waals surface area (Å²) in [5.74, 6) is 0.226. The molecule has 0 aromatic carbocycles.